The Bertz CT molecular complexity index is 359. The summed E-state index contributed by atoms with van der Waals surface area (Å²) in [6.07, 6.45) is 3.32. The van der Waals surface area contributed by atoms with E-state index in [0.717, 1.165) is 11.3 Å². The molecule has 0 aliphatic rings. The van der Waals surface area contributed by atoms with Gasteiger partial charge in [-0.05, 0) is 24.0 Å². The molecule has 0 aromatic heterocycles. The van der Waals surface area contributed by atoms with Gasteiger partial charge in [-0.1, -0.05) is 17.7 Å². The van der Waals surface area contributed by atoms with Gasteiger partial charge < -0.3 is 5.21 Å². The molecule has 0 saturated carbocycles. The molecule has 82 valence electrons. The normalized spacial score (nSPS) is 13.3. The van der Waals surface area contributed by atoms with Crippen molar-refractivity contribution in [2.24, 2.45) is 5.16 Å². The highest BCUT2D eigenvalue weighted by Gasteiger charge is 2.10. The van der Waals surface area contributed by atoms with E-state index < -0.39 is 5.82 Å². The molecule has 1 aromatic carbocycles. The monoisotopic (exact) mass is 247 g/mol. The van der Waals surface area contributed by atoms with Crippen molar-refractivity contribution in [1.29, 1.82) is 0 Å². The van der Waals surface area contributed by atoms with E-state index in [1.165, 1.54) is 18.3 Å². The van der Waals surface area contributed by atoms with Crippen LogP contribution < -0.4 is 0 Å². The molecular weight excluding hydrogens is 237 g/mol. The van der Waals surface area contributed by atoms with Crippen LogP contribution in [0.15, 0.2) is 23.4 Å². The fraction of sp³-hybridized carbons (Fsp3) is 0.300. The minimum Gasteiger partial charge on any atom is -0.411 e. The van der Waals surface area contributed by atoms with Crippen LogP contribution in [0.1, 0.15) is 11.5 Å². The Hall–Kier alpha value is -0.740. The van der Waals surface area contributed by atoms with E-state index in [9.17, 15) is 4.39 Å². The van der Waals surface area contributed by atoms with Gasteiger partial charge in [0.1, 0.15) is 5.82 Å². The number of benzene rings is 1. The molecule has 0 amide bonds. The number of hydrogen-bond acceptors (Lipinski definition) is 3. The lowest BCUT2D eigenvalue weighted by Gasteiger charge is -2.10. The van der Waals surface area contributed by atoms with Gasteiger partial charge in [0.05, 0.1) is 11.2 Å². The largest absolute Gasteiger partial charge is 0.411 e. The molecule has 0 spiro atoms. The van der Waals surface area contributed by atoms with Crippen molar-refractivity contribution in [3.8, 4) is 0 Å². The summed E-state index contributed by atoms with van der Waals surface area (Å²) in [5.41, 5.74) is 0.754. The molecule has 0 heterocycles. The van der Waals surface area contributed by atoms with Crippen LogP contribution in [0.5, 0.6) is 0 Å². The topological polar surface area (TPSA) is 32.6 Å². The second kappa shape index (κ2) is 5.98. The summed E-state index contributed by atoms with van der Waals surface area (Å²) in [5, 5.41) is 11.6. The van der Waals surface area contributed by atoms with Crippen molar-refractivity contribution >= 4 is 29.6 Å². The zero-order valence-corrected chi connectivity index (χ0v) is 9.72. The van der Waals surface area contributed by atoms with Crippen LogP contribution in [0, 0.1) is 5.82 Å². The lowest BCUT2D eigenvalue weighted by Crippen LogP contribution is -2.04. The molecule has 0 aliphatic carbocycles. The maximum Gasteiger partial charge on any atom is 0.142 e. The summed E-state index contributed by atoms with van der Waals surface area (Å²) < 4.78 is 13.2. The van der Waals surface area contributed by atoms with E-state index in [1.54, 1.807) is 17.8 Å². The third-order valence-electron chi connectivity index (χ3n) is 1.96. The van der Waals surface area contributed by atoms with Gasteiger partial charge in [0, 0.05) is 11.7 Å². The van der Waals surface area contributed by atoms with E-state index in [1.807, 2.05) is 6.26 Å². The number of hydrogen-bond donors (Lipinski definition) is 1. The molecule has 2 nitrogen and oxygen atoms in total. The van der Waals surface area contributed by atoms with Crippen LogP contribution in [-0.2, 0) is 0 Å². The van der Waals surface area contributed by atoms with Crippen LogP contribution >= 0.6 is 23.4 Å². The van der Waals surface area contributed by atoms with E-state index in [-0.39, 0.29) is 10.9 Å². The van der Waals surface area contributed by atoms with Crippen LogP contribution in [-0.4, -0.2) is 23.4 Å². The molecule has 0 aliphatic heterocycles. The Labute approximate surface area is 97.1 Å². The number of rotatable bonds is 4. The molecule has 1 atom stereocenters. The second-order valence-corrected chi connectivity index (χ2v) is 4.32. The number of thioether (sulfide) groups is 1. The SMILES string of the molecule is CSCC(C=NO)c1ccc(Cl)c(F)c1. The van der Waals surface area contributed by atoms with Gasteiger partial charge in [-0.3, -0.25) is 0 Å². The minimum absolute atomic E-state index is 0.0996. The molecule has 0 saturated heterocycles. The first-order valence-electron chi connectivity index (χ1n) is 4.30. The predicted molar refractivity (Wildman–Crippen MR) is 62.8 cm³/mol. The van der Waals surface area contributed by atoms with Crippen molar-refractivity contribution in [3.05, 3.63) is 34.6 Å². The van der Waals surface area contributed by atoms with Gasteiger partial charge in [-0.15, -0.1) is 5.16 Å². The lowest BCUT2D eigenvalue weighted by atomic mass is 10.0. The van der Waals surface area contributed by atoms with E-state index in [4.69, 9.17) is 16.8 Å². The summed E-state index contributed by atoms with van der Waals surface area (Å²) in [5.74, 6) is 0.175. The van der Waals surface area contributed by atoms with Crippen LogP contribution in [0.25, 0.3) is 0 Å². The number of nitrogens with zero attached hydrogens (tertiary/aromatic N) is 1. The van der Waals surface area contributed by atoms with Gasteiger partial charge in [0.2, 0.25) is 0 Å². The molecule has 15 heavy (non-hydrogen) atoms. The highest BCUT2D eigenvalue weighted by molar-refractivity contribution is 7.98. The molecule has 5 heteroatoms. The molecule has 1 rings (SSSR count). The van der Waals surface area contributed by atoms with Crippen molar-refractivity contribution in [3.63, 3.8) is 0 Å². The third kappa shape index (κ3) is 3.39. The smallest absolute Gasteiger partial charge is 0.142 e. The third-order valence-corrected chi connectivity index (χ3v) is 2.96. The summed E-state index contributed by atoms with van der Waals surface area (Å²) >= 11 is 7.17. The zero-order valence-electron chi connectivity index (χ0n) is 8.15. The summed E-state index contributed by atoms with van der Waals surface area (Å²) in [6, 6.07) is 4.60. The van der Waals surface area contributed by atoms with Gasteiger partial charge in [0.15, 0.2) is 0 Å². The first-order valence-corrected chi connectivity index (χ1v) is 6.07. The molecule has 1 aromatic rings. The van der Waals surface area contributed by atoms with Crippen LogP contribution in [0.4, 0.5) is 4.39 Å². The molecule has 0 bridgehead atoms. The summed E-state index contributed by atoms with van der Waals surface area (Å²) in [4.78, 5) is 0. The molecule has 0 radical (unpaired) electrons. The Kier molecular flexibility index (Phi) is 4.91. The maximum atomic E-state index is 13.2. The Morgan fingerprint density at radius 3 is 2.93 bits per heavy atom. The zero-order chi connectivity index (χ0) is 11.3. The highest BCUT2D eigenvalue weighted by Crippen LogP contribution is 2.22. The quantitative estimate of drug-likeness (QED) is 0.503. The Balaban J connectivity index is 2.95. The second-order valence-electron chi connectivity index (χ2n) is 3.00. The van der Waals surface area contributed by atoms with Crippen LogP contribution in [0.3, 0.4) is 0 Å². The first kappa shape index (κ1) is 12.3. The van der Waals surface area contributed by atoms with Crippen molar-refractivity contribution in [2.75, 3.05) is 12.0 Å². The Morgan fingerprint density at radius 1 is 1.67 bits per heavy atom. The minimum atomic E-state index is -0.452. The fourth-order valence-electron chi connectivity index (χ4n) is 1.23. The average Bonchev–Trinajstić information content (AvgIpc) is 2.22. The summed E-state index contributed by atoms with van der Waals surface area (Å²) in [6.45, 7) is 0. The van der Waals surface area contributed by atoms with Crippen LogP contribution in [0.2, 0.25) is 5.02 Å². The standard InChI is InChI=1S/C10H11ClFNOS/c1-15-6-8(5-13-14)7-2-3-9(11)10(12)4-7/h2-5,8,14H,6H2,1H3. The first-order chi connectivity index (χ1) is 7.19. The van der Waals surface area contributed by atoms with Gasteiger partial charge in [0.25, 0.3) is 0 Å². The number of halogens is 2. The molecule has 0 fully saturated rings. The van der Waals surface area contributed by atoms with Crippen molar-refractivity contribution in [2.45, 2.75) is 5.92 Å². The Morgan fingerprint density at radius 2 is 2.40 bits per heavy atom. The van der Waals surface area contributed by atoms with Crippen molar-refractivity contribution in [1.82, 2.24) is 0 Å². The average molecular weight is 248 g/mol. The van der Waals surface area contributed by atoms with E-state index in [2.05, 4.69) is 5.16 Å². The van der Waals surface area contributed by atoms with E-state index in [0.29, 0.717) is 0 Å². The molecule has 1 unspecified atom stereocenters. The highest BCUT2D eigenvalue weighted by atomic mass is 35.5. The molecule has 1 N–H and O–H groups in total. The van der Waals surface area contributed by atoms with Gasteiger partial charge >= 0.3 is 0 Å². The summed E-state index contributed by atoms with van der Waals surface area (Å²) in [7, 11) is 0. The predicted octanol–water partition coefficient (Wildman–Crippen LogP) is 3.39. The van der Waals surface area contributed by atoms with Gasteiger partial charge in [-0.2, -0.15) is 11.8 Å². The van der Waals surface area contributed by atoms with Gasteiger partial charge in [-0.25, -0.2) is 4.39 Å². The maximum absolute atomic E-state index is 13.2. The number of oxime groups is 1. The lowest BCUT2D eigenvalue weighted by molar-refractivity contribution is 0.320. The van der Waals surface area contributed by atoms with E-state index >= 15 is 0 Å². The van der Waals surface area contributed by atoms with Crippen molar-refractivity contribution < 1.29 is 9.60 Å². The molecular formula is C10H11ClFNOS. The fourth-order valence-corrected chi connectivity index (χ4v) is 1.98.